The van der Waals surface area contributed by atoms with Crippen molar-refractivity contribution in [2.24, 2.45) is 0 Å². The summed E-state index contributed by atoms with van der Waals surface area (Å²) >= 11 is 0. The highest BCUT2D eigenvalue weighted by Gasteiger charge is 2.17. The number of nitrogens with zero attached hydrogens (tertiary/aromatic N) is 2. The van der Waals surface area contributed by atoms with E-state index in [2.05, 4.69) is 21.4 Å². The lowest BCUT2D eigenvalue weighted by atomic mass is 10.1. The van der Waals surface area contributed by atoms with Gasteiger partial charge in [-0.05, 0) is 43.2 Å². The molecule has 8 heteroatoms. The van der Waals surface area contributed by atoms with E-state index in [0.717, 1.165) is 30.0 Å². The fraction of sp³-hybridized carbons (Fsp3) is 0.261. The normalized spacial score (nSPS) is 14.1. The predicted octanol–water partition coefficient (Wildman–Crippen LogP) is 2.98. The maximum atomic E-state index is 12.3. The van der Waals surface area contributed by atoms with E-state index >= 15 is 0 Å². The zero-order chi connectivity index (χ0) is 21.2. The number of carbonyl (C=O) groups excluding carboxylic acids is 2. The highest BCUT2D eigenvalue weighted by Crippen LogP contribution is 2.32. The number of benzene rings is 2. The molecule has 2 aliphatic heterocycles. The van der Waals surface area contributed by atoms with Crippen molar-refractivity contribution in [3.05, 3.63) is 60.0 Å². The first-order valence-electron chi connectivity index (χ1n) is 10.3. The summed E-state index contributed by atoms with van der Waals surface area (Å²) in [7, 11) is 0. The molecule has 8 nitrogen and oxygen atoms in total. The number of nitrogens with one attached hydrogen (secondary N) is 2. The first-order valence-corrected chi connectivity index (χ1v) is 10.3. The second kappa shape index (κ2) is 8.14. The topological polar surface area (TPSA) is 94.5 Å². The van der Waals surface area contributed by atoms with Gasteiger partial charge >= 0.3 is 0 Å². The summed E-state index contributed by atoms with van der Waals surface area (Å²) in [5.41, 5.74) is 3.03. The molecule has 0 saturated carbocycles. The molecule has 0 unspecified atom stereocenters. The summed E-state index contributed by atoms with van der Waals surface area (Å²) in [5.74, 6) is 1.60. The number of aromatic nitrogens is 2. The van der Waals surface area contributed by atoms with Crippen LogP contribution in [0, 0.1) is 0 Å². The molecule has 0 atom stereocenters. The highest BCUT2D eigenvalue weighted by atomic mass is 16.7. The van der Waals surface area contributed by atoms with E-state index in [1.165, 1.54) is 12.8 Å². The van der Waals surface area contributed by atoms with Crippen LogP contribution in [0.4, 0.5) is 5.69 Å². The van der Waals surface area contributed by atoms with Crippen molar-refractivity contribution in [3.8, 4) is 22.8 Å². The Labute approximate surface area is 179 Å². The average molecular weight is 418 g/mol. The lowest BCUT2D eigenvalue weighted by Gasteiger charge is -2.11. The number of rotatable bonds is 5. The molecule has 5 rings (SSSR count). The number of imidazole rings is 1. The quantitative estimate of drug-likeness (QED) is 0.664. The lowest BCUT2D eigenvalue weighted by molar-refractivity contribution is -0.115. The van der Waals surface area contributed by atoms with E-state index in [1.54, 1.807) is 18.2 Å². The van der Waals surface area contributed by atoms with Gasteiger partial charge in [-0.1, -0.05) is 12.1 Å². The van der Waals surface area contributed by atoms with Crippen molar-refractivity contribution in [1.82, 2.24) is 14.9 Å². The Kier molecular flexibility index (Phi) is 5.03. The van der Waals surface area contributed by atoms with Gasteiger partial charge in [0.15, 0.2) is 11.5 Å². The number of hydrogen-bond donors (Lipinski definition) is 2. The fourth-order valence-electron chi connectivity index (χ4n) is 3.78. The lowest BCUT2D eigenvalue weighted by Crippen LogP contribution is -2.32. The van der Waals surface area contributed by atoms with Gasteiger partial charge in [-0.3, -0.25) is 9.59 Å². The van der Waals surface area contributed by atoms with Gasteiger partial charge in [0.2, 0.25) is 12.7 Å². The molecule has 3 aromatic rings. The zero-order valence-corrected chi connectivity index (χ0v) is 16.9. The molecular weight excluding hydrogens is 396 g/mol. The number of amides is 2. The Morgan fingerprint density at radius 3 is 2.71 bits per heavy atom. The number of carbonyl (C=O) groups is 2. The molecule has 158 valence electrons. The summed E-state index contributed by atoms with van der Waals surface area (Å²) in [4.78, 5) is 29.2. The molecule has 31 heavy (non-hydrogen) atoms. The Morgan fingerprint density at radius 2 is 1.87 bits per heavy atom. The SMILES string of the molecule is O=C(CNC(=O)c1ccc2c(c1)OCO2)Nc1ccc(-c2cn3c(n2)CCCC3)cc1. The smallest absolute Gasteiger partial charge is 0.251 e. The van der Waals surface area contributed by atoms with E-state index in [9.17, 15) is 9.59 Å². The van der Waals surface area contributed by atoms with Crippen LogP contribution in [0.1, 0.15) is 29.0 Å². The molecule has 1 aromatic heterocycles. The van der Waals surface area contributed by atoms with Gasteiger partial charge in [0.1, 0.15) is 5.82 Å². The molecule has 0 spiro atoms. The van der Waals surface area contributed by atoms with Crippen molar-refractivity contribution < 1.29 is 19.1 Å². The summed E-state index contributed by atoms with van der Waals surface area (Å²) < 4.78 is 12.7. The molecular formula is C23H22N4O4. The summed E-state index contributed by atoms with van der Waals surface area (Å²) in [6, 6.07) is 12.5. The third-order valence-electron chi connectivity index (χ3n) is 5.42. The van der Waals surface area contributed by atoms with Crippen LogP contribution in [0.25, 0.3) is 11.3 Å². The van der Waals surface area contributed by atoms with Crippen LogP contribution in [0.2, 0.25) is 0 Å². The largest absolute Gasteiger partial charge is 0.454 e. The van der Waals surface area contributed by atoms with Gasteiger partial charge in [-0.15, -0.1) is 0 Å². The summed E-state index contributed by atoms with van der Waals surface area (Å²) in [6.07, 6.45) is 5.49. The first-order chi connectivity index (χ1) is 15.2. The molecule has 0 radical (unpaired) electrons. The third kappa shape index (κ3) is 4.09. The standard InChI is InChI=1S/C23H22N4O4/c28-22(12-24-23(29)16-6-9-19-20(11-16)31-14-30-19)25-17-7-4-15(5-8-17)18-13-27-10-2-1-3-21(27)26-18/h4-9,11,13H,1-3,10,12,14H2,(H,24,29)(H,25,28). The second-order valence-electron chi connectivity index (χ2n) is 7.57. The number of hydrogen-bond acceptors (Lipinski definition) is 5. The monoisotopic (exact) mass is 418 g/mol. The van der Waals surface area contributed by atoms with Crippen molar-refractivity contribution in [2.75, 3.05) is 18.7 Å². The van der Waals surface area contributed by atoms with Crippen LogP contribution in [-0.4, -0.2) is 34.7 Å². The maximum absolute atomic E-state index is 12.3. The van der Waals surface area contributed by atoms with Crippen LogP contribution >= 0.6 is 0 Å². The molecule has 2 N–H and O–H groups in total. The van der Waals surface area contributed by atoms with Crippen LogP contribution in [0.5, 0.6) is 11.5 Å². The van der Waals surface area contributed by atoms with Gasteiger partial charge in [0.05, 0.1) is 12.2 Å². The molecule has 2 aliphatic rings. The van der Waals surface area contributed by atoms with Gasteiger partial charge in [-0.25, -0.2) is 4.98 Å². The molecule has 0 fully saturated rings. The Balaban J connectivity index is 1.16. The van der Waals surface area contributed by atoms with Gasteiger partial charge < -0.3 is 24.7 Å². The van der Waals surface area contributed by atoms with Gasteiger partial charge in [0, 0.05) is 36.0 Å². The van der Waals surface area contributed by atoms with Crippen molar-refractivity contribution in [1.29, 1.82) is 0 Å². The minimum Gasteiger partial charge on any atom is -0.454 e. The van der Waals surface area contributed by atoms with Gasteiger partial charge in [-0.2, -0.15) is 0 Å². The van der Waals surface area contributed by atoms with Crippen LogP contribution in [0.3, 0.4) is 0 Å². The number of aryl methyl sites for hydroxylation is 2. The minimum atomic E-state index is -0.354. The van der Waals surface area contributed by atoms with Crippen LogP contribution < -0.4 is 20.1 Å². The number of ether oxygens (including phenoxy) is 2. The highest BCUT2D eigenvalue weighted by molar-refractivity contribution is 5.99. The third-order valence-corrected chi connectivity index (χ3v) is 5.42. The van der Waals surface area contributed by atoms with E-state index in [0.29, 0.717) is 22.7 Å². The van der Waals surface area contributed by atoms with E-state index in [4.69, 9.17) is 14.5 Å². The zero-order valence-electron chi connectivity index (χ0n) is 16.9. The Bertz CT molecular complexity index is 1110. The van der Waals surface area contributed by atoms with E-state index < -0.39 is 0 Å². The van der Waals surface area contributed by atoms with Crippen molar-refractivity contribution in [3.63, 3.8) is 0 Å². The maximum Gasteiger partial charge on any atom is 0.251 e. The van der Waals surface area contributed by atoms with Gasteiger partial charge in [0.25, 0.3) is 5.91 Å². The van der Waals surface area contributed by atoms with Crippen molar-refractivity contribution >= 4 is 17.5 Å². The number of fused-ring (bicyclic) bond motifs is 2. The van der Waals surface area contributed by atoms with Crippen molar-refractivity contribution in [2.45, 2.75) is 25.8 Å². The molecule has 2 aromatic carbocycles. The molecule has 0 saturated heterocycles. The molecule has 3 heterocycles. The predicted molar refractivity (Wildman–Crippen MR) is 114 cm³/mol. The Hall–Kier alpha value is -3.81. The van der Waals surface area contributed by atoms with E-state index in [-0.39, 0.29) is 25.2 Å². The fourth-order valence-corrected chi connectivity index (χ4v) is 3.78. The average Bonchev–Trinajstić information content (AvgIpc) is 3.44. The number of anilines is 1. The first kappa shape index (κ1) is 19.2. The van der Waals surface area contributed by atoms with Crippen LogP contribution in [0.15, 0.2) is 48.7 Å². The molecule has 0 aliphatic carbocycles. The summed E-state index contributed by atoms with van der Waals surface area (Å²) in [5, 5.41) is 5.41. The van der Waals surface area contributed by atoms with Crippen LogP contribution in [-0.2, 0) is 17.8 Å². The second-order valence-corrected chi connectivity index (χ2v) is 7.57. The molecule has 0 bridgehead atoms. The Morgan fingerprint density at radius 1 is 1.03 bits per heavy atom. The summed E-state index contributed by atoms with van der Waals surface area (Å²) in [6.45, 7) is 1.03. The minimum absolute atomic E-state index is 0.136. The molecule has 2 amide bonds. The van der Waals surface area contributed by atoms with E-state index in [1.807, 2.05) is 24.3 Å².